The number of anilines is 1. The van der Waals surface area contributed by atoms with Crippen LogP contribution in [0.25, 0.3) is 0 Å². The van der Waals surface area contributed by atoms with Crippen LogP contribution < -0.4 is 4.90 Å². The Kier molecular flexibility index (Phi) is 3.49. The molecule has 0 spiro atoms. The van der Waals surface area contributed by atoms with Gasteiger partial charge < -0.3 is 10.0 Å². The largest absolute Gasteiger partial charge is 0.389 e. The van der Waals surface area contributed by atoms with E-state index in [4.69, 9.17) is 0 Å². The van der Waals surface area contributed by atoms with Gasteiger partial charge in [0, 0.05) is 18.8 Å². The van der Waals surface area contributed by atoms with Crippen molar-refractivity contribution in [3.8, 4) is 0 Å². The quantitative estimate of drug-likeness (QED) is 0.845. The molecule has 1 aromatic rings. The van der Waals surface area contributed by atoms with Gasteiger partial charge in [0.15, 0.2) is 0 Å². The van der Waals surface area contributed by atoms with Crippen LogP contribution in [0.2, 0.25) is 0 Å². The minimum atomic E-state index is -0.365. The molecular weight excluding hydrogens is 198 g/mol. The Morgan fingerprint density at radius 1 is 1.44 bits per heavy atom. The van der Waals surface area contributed by atoms with Crippen LogP contribution >= 0.6 is 0 Å². The fraction of sp³-hybridized carbons (Fsp3) is 0.571. The van der Waals surface area contributed by atoms with Crippen molar-refractivity contribution in [3.63, 3.8) is 0 Å². The van der Waals surface area contributed by atoms with Gasteiger partial charge in [-0.1, -0.05) is 19.1 Å². The maximum Gasteiger partial charge on any atom is 0.0762 e. The molecular formula is C14H21NO. The van der Waals surface area contributed by atoms with E-state index >= 15 is 0 Å². The lowest BCUT2D eigenvalue weighted by Crippen LogP contribution is -2.30. The van der Waals surface area contributed by atoms with Crippen LogP contribution in [0.5, 0.6) is 0 Å². The lowest BCUT2D eigenvalue weighted by molar-refractivity contribution is 0.199. The highest BCUT2D eigenvalue weighted by molar-refractivity contribution is 5.57. The maximum absolute atomic E-state index is 9.62. The molecule has 1 unspecified atom stereocenters. The van der Waals surface area contributed by atoms with Crippen LogP contribution in [0, 0.1) is 0 Å². The number of aliphatic hydroxyl groups excluding tert-OH is 1. The third kappa shape index (κ3) is 2.22. The number of fused-ring (bicyclic) bond motifs is 1. The first kappa shape index (κ1) is 11.5. The molecule has 0 aliphatic carbocycles. The molecule has 0 amide bonds. The van der Waals surface area contributed by atoms with Gasteiger partial charge in [-0.2, -0.15) is 0 Å². The van der Waals surface area contributed by atoms with Crippen molar-refractivity contribution in [2.45, 2.75) is 39.2 Å². The van der Waals surface area contributed by atoms with Crippen molar-refractivity contribution < 1.29 is 5.11 Å². The molecule has 2 rings (SSSR count). The Labute approximate surface area is 97.9 Å². The van der Waals surface area contributed by atoms with E-state index in [1.54, 1.807) is 0 Å². The monoisotopic (exact) mass is 219 g/mol. The lowest BCUT2D eigenvalue weighted by Gasteiger charge is -2.31. The molecule has 0 saturated heterocycles. The van der Waals surface area contributed by atoms with Crippen molar-refractivity contribution in [2.24, 2.45) is 0 Å². The number of aryl methyl sites for hydroxylation is 1. The van der Waals surface area contributed by atoms with Crippen molar-refractivity contribution in [1.82, 2.24) is 0 Å². The van der Waals surface area contributed by atoms with Crippen LogP contribution in [0.1, 0.15) is 43.9 Å². The number of hydrogen-bond donors (Lipinski definition) is 1. The third-order valence-corrected chi connectivity index (χ3v) is 3.30. The summed E-state index contributed by atoms with van der Waals surface area (Å²) in [4.78, 5) is 2.45. The minimum Gasteiger partial charge on any atom is -0.389 e. The minimum absolute atomic E-state index is 0.365. The van der Waals surface area contributed by atoms with Crippen LogP contribution in [0.15, 0.2) is 18.2 Å². The average Bonchev–Trinajstić information content (AvgIpc) is 2.29. The summed E-state index contributed by atoms with van der Waals surface area (Å²) >= 11 is 0. The Morgan fingerprint density at radius 3 is 2.94 bits per heavy atom. The smallest absolute Gasteiger partial charge is 0.0762 e. The zero-order valence-electron chi connectivity index (χ0n) is 10.2. The number of aliphatic hydroxyl groups is 1. The Morgan fingerprint density at radius 2 is 2.25 bits per heavy atom. The molecule has 0 radical (unpaired) electrons. The van der Waals surface area contributed by atoms with Crippen LogP contribution in [0.4, 0.5) is 5.69 Å². The molecule has 0 aromatic heterocycles. The SMILES string of the molecule is CCCN1CCCc2ccc(C(C)O)cc21. The summed E-state index contributed by atoms with van der Waals surface area (Å²) in [5.74, 6) is 0. The van der Waals surface area contributed by atoms with E-state index in [9.17, 15) is 5.11 Å². The molecule has 0 bridgehead atoms. The summed E-state index contributed by atoms with van der Waals surface area (Å²) in [5, 5.41) is 9.62. The molecule has 1 heterocycles. The summed E-state index contributed by atoms with van der Waals surface area (Å²) in [6, 6.07) is 6.40. The molecule has 1 aromatic carbocycles. The maximum atomic E-state index is 9.62. The summed E-state index contributed by atoms with van der Waals surface area (Å²) in [7, 11) is 0. The Bertz CT molecular complexity index is 360. The van der Waals surface area contributed by atoms with E-state index in [0.717, 1.165) is 18.7 Å². The first-order valence-corrected chi connectivity index (χ1v) is 6.28. The van der Waals surface area contributed by atoms with E-state index in [1.807, 2.05) is 6.92 Å². The molecule has 16 heavy (non-hydrogen) atoms. The fourth-order valence-electron chi connectivity index (χ4n) is 2.43. The standard InChI is InChI=1S/C14H21NO/c1-3-8-15-9-4-5-12-6-7-13(11(2)16)10-14(12)15/h6-7,10-11,16H,3-5,8-9H2,1-2H3. The summed E-state index contributed by atoms with van der Waals surface area (Å²) in [5.41, 5.74) is 3.80. The number of hydrogen-bond acceptors (Lipinski definition) is 2. The second kappa shape index (κ2) is 4.88. The summed E-state index contributed by atoms with van der Waals surface area (Å²) < 4.78 is 0. The van der Waals surface area contributed by atoms with E-state index in [2.05, 4.69) is 30.0 Å². The number of benzene rings is 1. The first-order chi connectivity index (χ1) is 7.72. The highest BCUT2D eigenvalue weighted by Crippen LogP contribution is 2.30. The number of rotatable bonds is 3. The van der Waals surface area contributed by atoms with E-state index in [0.29, 0.717) is 0 Å². The summed E-state index contributed by atoms with van der Waals surface area (Å²) in [6.45, 7) is 6.32. The Hall–Kier alpha value is -1.02. The normalized spacial score (nSPS) is 17.1. The van der Waals surface area contributed by atoms with Gasteiger partial charge in [-0.15, -0.1) is 0 Å². The molecule has 1 aliphatic heterocycles. The molecule has 1 atom stereocenters. The number of nitrogens with zero attached hydrogens (tertiary/aromatic N) is 1. The molecule has 2 nitrogen and oxygen atoms in total. The lowest BCUT2D eigenvalue weighted by atomic mass is 9.98. The van der Waals surface area contributed by atoms with E-state index < -0.39 is 0 Å². The topological polar surface area (TPSA) is 23.5 Å². The van der Waals surface area contributed by atoms with Crippen molar-refractivity contribution in [2.75, 3.05) is 18.0 Å². The highest BCUT2D eigenvalue weighted by Gasteiger charge is 2.17. The predicted octanol–water partition coefficient (Wildman–Crippen LogP) is 2.90. The van der Waals surface area contributed by atoms with Crippen LogP contribution in [0.3, 0.4) is 0 Å². The molecule has 88 valence electrons. The molecule has 0 fully saturated rings. The fourth-order valence-corrected chi connectivity index (χ4v) is 2.43. The van der Waals surface area contributed by atoms with Gasteiger partial charge in [-0.3, -0.25) is 0 Å². The summed E-state index contributed by atoms with van der Waals surface area (Å²) in [6.07, 6.45) is 3.24. The molecule has 0 saturated carbocycles. The predicted molar refractivity (Wildman–Crippen MR) is 67.9 cm³/mol. The van der Waals surface area contributed by atoms with E-state index in [-0.39, 0.29) is 6.10 Å². The first-order valence-electron chi connectivity index (χ1n) is 6.28. The van der Waals surface area contributed by atoms with Gasteiger partial charge in [0.1, 0.15) is 0 Å². The second-order valence-electron chi connectivity index (χ2n) is 4.65. The van der Waals surface area contributed by atoms with Crippen LogP contribution in [-0.4, -0.2) is 18.2 Å². The Balaban J connectivity index is 2.32. The highest BCUT2D eigenvalue weighted by atomic mass is 16.3. The molecule has 1 aliphatic rings. The van der Waals surface area contributed by atoms with Crippen molar-refractivity contribution in [1.29, 1.82) is 0 Å². The molecule has 1 N–H and O–H groups in total. The van der Waals surface area contributed by atoms with E-state index in [1.165, 1.54) is 30.5 Å². The van der Waals surface area contributed by atoms with Crippen LogP contribution in [-0.2, 0) is 6.42 Å². The van der Waals surface area contributed by atoms with Crippen molar-refractivity contribution >= 4 is 5.69 Å². The van der Waals surface area contributed by atoms with Gasteiger partial charge in [-0.05, 0) is 43.4 Å². The van der Waals surface area contributed by atoms with Gasteiger partial charge in [-0.25, -0.2) is 0 Å². The molecule has 2 heteroatoms. The van der Waals surface area contributed by atoms with Gasteiger partial charge in [0.05, 0.1) is 6.10 Å². The third-order valence-electron chi connectivity index (χ3n) is 3.30. The average molecular weight is 219 g/mol. The van der Waals surface area contributed by atoms with Gasteiger partial charge >= 0.3 is 0 Å². The van der Waals surface area contributed by atoms with Gasteiger partial charge in [0.25, 0.3) is 0 Å². The zero-order valence-corrected chi connectivity index (χ0v) is 10.2. The zero-order chi connectivity index (χ0) is 11.5. The second-order valence-corrected chi connectivity index (χ2v) is 4.65. The van der Waals surface area contributed by atoms with Crippen molar-refractivity contribution in [3.05, 3.63) is 29.3 Å². The van der Waals surface area contributed by atoms with Gasteiger partial charge in [0.2, 0.25) is 0 Å².